The van der Waals surface area contributed by atoms with Crippen LogP contribution in [0.4, 0.5) is 0 Å². The molecule has 1 aromatic carbocycles. The van der Waals surface area contributed by atoms with E-state index in [9.17, 15) is 4.79 Å². The highest BCUT2D eigenvalue weighted by Gasteiger charge is 2.10. The first-order chi connectivity index (χ1) is 8.99. The van der Waals surface area contributed by atoms with Gasteiger partial charge in [0.1, 0.15) is 5.75 Å². The van der Waals surface area contributed by atoms with Crippen molar-refractivity contribution < 1.29 is 9.53 Å². The molecule has 0 aromatic heterocycles. The van der Waals surface area contributed by atoms with Crippen molar-refractivity contribution in [2.24, 2.45) is 0 Å². The van der Waals surface area contributed by atoms with Crippen molar-refractivity contribution in [3.63, 3.8) is 0 Å². The molecule has 102 valence electrons. The van der Waals surface area contributed by atoms with Gasteiger partial charge in [-0.3, -0.25) is 4.79 Å². The number of carbonyl (C=O) groups is 1. The molecular weight excluding hydrogens is 240 g/mol. The summed E-state index contributed by atoms with van der Waals surface area (Å²) in [6.07, 6.45) is 0.672. The quantitative estimate of drug-likeness (QED) is 0.764. The zero-order valence-corrected chi connectivity index (χ0v) is 11.9. The Kier molecular flexibility index (Phi) is 5.37. The van der Waals surface area contributed by atoms with Crippen molar-refractivity contribution in [3.8, 4) is 11.8 Å². The number of methoxy groups -OCH3 is 1. The molecule has 0 heterocycles. The van der Waals surface area contributed by atoms with E-state index in [-0.39, 0.29) is 0 Å². The summed E-state index contributed by atoms with van der Waals surface area (Å²) in [6.45, 7) is 4.77. The van der Waals surface area contributed by atoms with Gasteiger partial charge in [0.2, 0.25) is 0 Å². The predicted octanol–water partition coefficient (Wildman–Crippen LogP) is 2.34. The van der Waals surface area contributed by atoms with Crippen LogP contribution in [0.3, 0.4) is 0 Å². The van der Waals surface area contributed by atoms with Crippen LogP contribution < -0.4 is 4.74 Å². The van der Waals surface area contributed by atoms with Crippen molar-refractivity contribution >= 4 is 5.91 Å². The molecule has 0 unspecified atom stereocenters. The van der Waals surface area contributed by atoms with Crippen LogP contribution in [0, 0.1) is 11.3 Å². The van der Waals surface area contributed by atoms with Gasteiger partial charge in [-0.2, -0.15) is 5.26 Å². The highest BCUT2D eigenvalue weighted by Crippen LogP contribution is 2.25. The Morgan fingerprint density at radius 2 is 2.16 bits per heavy atom. The van der Waals surface area contributed by atoms with Crippen LogP contribution in [0.5, 0.6) is 5.75 Å². The van der Waals surface area contributed by atoms with Crippen LogP contribution in [0.1, 0.15) is 30.9 Å². The van der Waals surface area contributed by atoms with Gasteiger partial charge in [0.15, 0.2) is 6.07 Å². The molecule has 1 aromatic rings. The number of nitrogens with zero attached hydrogens (tertiary/aromatic N) is 2. The smallest absolute Gasteiger partial charge is 0.324 e. The van der Waals surface area contributed by atoms with Crippen molar-refractivity contribution in [1.82, 2.24) is 4.90 Å². The lowest BCUT2D eigenvalue weighted by molar-refractivity contribution is -0.124. The largest absolute Gasteiger partial charge is 0.496 e. The zero-order valence-electron chi connectivity index (χ0n) is 11.9. The summed E-state index contributed by atoms with van der Waals surface area (Å²) in [5.41, 5.74) is 2.27. The second kappa shape index (κ2) is 6.79. The SMILES string of the molecule is COc1cc(C(C)C)ccc1CCN(C)C(=O)C#N. The van der Waals surface area contributed by atoms with Gasteiger partial charge in [-0.05, 0) is 29.5 Å². The van der Waals surface area contributed by atoms with E-state index < -0.39 is 5.91 Å². The third-order valence-corrected chi connectivity index (χ3v) is 3.14. The Bertz CT molecular complexity index is 489. The van der Waals surface area contributed by atoms with E-state index in [1.54, 1.807) is 20.2 Å². The fraction of sp³-hybridized carbons (Fsp3) is 0.467. The maximum atomic E-state index is 11.2. The molecule has 1 amide bonds. The van der Waals surface area contributed by atoms with E-state index in [4.69, 9.17) is 10.00 Å². The van der Waals surface area contributed by atoms with Gasteiger partial charge in [-0.1, -0.05) is 26.0 Å². The van der Waals surface area contributed by atoms with E-state index >= 15 is 0 Å². The highest BCUT2D eigenvalue weighted by atomic mass is 16.5. The van der Waals surface area contributed by atoms with Crippen LogP contribution in [0.25, 0.3) is 0 Å². The third kappa shape index (κ3) is 3.99. The van der Waals surface area contributed by atoms with Crippen molar-refractivity contribution in [3.05, 3.63) is 29.3 Å². The molecule has 0 aliphatic heterocycles. The first kappa shape index (κ1) is 15.0. The summed E-state index contributed by atoms with van der Waals surface area (Å²) in [4.78, 5) is 12.6. The molecule has 0 saturated heterocycles. The molecule has 0 aliphatic carbocycles. The normalized spacial score (nSPS) is 10.1. The number of benzene rings is 1. The molecule has 1 rings (SSSR count). The molecule has 0 radical (unpaired) electrons. The molecule has 0 N–H and O–H groups in total. The number of likely N-dealkylation sites (N-methyl/N-ethyl adjacent to an activating group) is 1. The maximum Gasteiger partial charge on any atom is 0.324 e. The topological polar surface area (TPSA) is 53.3 Å². The minimum absolute atomic E-state index is 0.450. The molecular formula is C15H20N2O2. The van der Waals surface area contributed by atoms with Gasteiger partial charge in [-0.25, -0.2) is 0 Å². The van der Waals surface area contributed by atoms with Crippen molar-refractivity contribution in [1.29, 1.82) is 5.26 Å². The molecule has 0 bridgehead atoms. The van der Waals surface area contributed by atoms with Crippen LogP contribution in [-0.4, -0.2) is 31.5 Å². The van der Waals surface area contributed by atoms with E-state index in [1.807, 2.05) is 12.1 Å². The van der Waals surface area contributed by atoms with Gasteiger partial charge in [0, 0.05) is 13.6 Å². The number of hydrogen-bond donors (Lipinski definition) is 0. The van der Waals surface area contributed by atoms with Crippen LogP contribution in [0.2, 0.25) is 0 Å². The lowest BCUT2D eigenvalue weighted by Crippen LogP contribution is -2.27. The second-order valence-corrected chi connectivity index (χ2v) is 4.81. The van der Waals surface area contributed by atoms with Crippen molar-refractivity contribution in [2.75, 3.05) is 20.7 Å². The number of ether oxygens (including phenoxy) is 1. The second-order valence-electron chi connectivity index (χ2n) is 4.81. The fourth-order valence-electron chi connectivity index (χ4n) is 1.80. The number of rotatable bonds is 5. The van der Waals surface area contributed by atoms with Crippen LogP contribution in [0.15, 0.2) is 18.2 Å². The lowest BCUT2D eigenvalue weighted by atomic mass is 10.00. The molecule has 0 atom stereocenters. The van der Waals surface area contributed by atoms with Crippen molar-refractivity contribution in [2.45, 2.75) is 26.2 Å². The van der Waals surface area contributed by atoms with E-state index in [1.165, 1.54) is 10.5 Å². The monoisotopic (exact) mass is 260 g/mol. The highest BCUT2D eigenvalue weighted by molar-refractivity contribution is 5.90. The van der Waals surface area contributed by atoms with E-state index in [0.717, 1.165) is 11.3 Å². The molecule has 4 nitrogen and oxygen atoms in total. The summed E-state index contributed by atoms with van der Waals surface area (Å²) in [5.74, 6) is 0.771. The predicted molar refractivity (Wildman–Crippen MR) is 74.0 cm³/mol. The van der Waals surface area contributed by atoms with Crippen LogP contribution in [-0.2, 0) is 11.2 Å². The van der Waals surface area contributed by atoms with Crippen LogP contribution >= 0.6 is 0 Å². The Morgan fingerprint density at radius 3 is 2.68 bits per heavy atom. The van der Waals surface area contributed by atoms with Gasteiger partial charge in [-0.15, -0.1) is 0 Å². The summed E-state index contributed by atoms with van der Waals surface area (Å²) in [6, 6.07) is 7.75. The summed E-state index contributed by atoms with van der Waals surface area (Å²) in [7, 11) is 3.27. The van der Waals surface area contributed by atoms with Gasteiger partial charge in [0.25, 0.3) is 0 Å². The molecule has 0 fully saturated rings. The number of carbonyl (C=O) groups excluding carboxylic acids is 1. The molecule has 0 aliphatic rings. The summed E-state index contributed by atoms with van der Waals surface area (Å²) in [5, 5.41) is 8.53. The number of nitriles is 1. The zero-order chi connectivity index (χ0) is 14.4. The molecule has 19 heavy (non-hydrogen) atoms. The Hall–Kier alpha value is -2.02. The average molecular weight is 260 g/mol. The number of hydrogen-bond acceptors (Lipinski definition) is 3. The minimum atomic E-state index is -0.516. The maximum absolute atomic E-state index is 11.2. The first-order valence-electron chi connectivity index (χ1n) is 6.31. The Morgan fingerprint density at radius 1 is 1.47 bits per heavy atom. The molecule has 0 saturated carbocycles. The van der Waals surface area contributed by atoms with Gasteiger partial charge < -0.3 is 9.64 Å². The van der Waals surface area contributed by atoms with E-state index in [2.05, 4.69) is 19.9 Å². The average Bonchev–Trinajstić information content (AvgIpc) is 2.43. The Labute approximate surface area is 114 Å². The van der Waals surface area contributed by atoms with E-state index in [0.29, 0.717) is 18.9 Å². The third-order valence-electron chi connectivity index (χ3n) is 3.14. The Balaban J connectivity index is 2.79. The standard InChI is InChI=1S/C15H20N2O2/c1-11(2)13-6-5-12(14(9-13)19-4)7-8-17(3)15(18)10-16/h5-6,9,11H,7-8H2,1-4H3. The first-order valence-corrected chi connectivity index (χ1v) is 6.31. The lowest BCUT2D eigenvalue weighted by Gasteiger charge is -2.16. The van der Waals surface area contributed by atoms with Gasteiger partial charge >= 0.3 is 5.91 Å². The summed E-state index contributed by atoms with van der Waals surface area (Å²) < 4.78 is 5.39. The van der Waals surface area contributed by atoms with Gasteiger partial charge in [0.05, 0.1) is 7.11 Å². The number of amides is 1. The fourth-order valence-corrected chi connectivity index (χ4v) is 1.80. The summed E-state index contributed by atoms with van der Waals surface area (Å²) >= 11 is 0. The molecule has 4 heteroatoms. The minimum Gasteiger partial charge on any atom is -0.496 e. The molecule has 0 spiro atoms.